The second-order valence-electron chi connectivity index (χ2n) is 4.79. The van der Waals surface area contributed by atoms with Crippen LogP contribution in [0.1, 0.15) is 35.7 Å². The first-order valence-electron chi connectivity index (χ1n) is 7.10. The molecule has 0 radical (unpaired) electrons. The molecule has 0 spiro atoms. The highest BCUT2D eigenvalue weighted by molar-refractivity contribution is 6.15. The van der Waals surface area contributed by atoms with Crippen LogP contribution < -0.4 is 4.74 Å². The molecule has 4 nitrogen and oxygen atoms in total. The number of aromatic amines is 1. The zero-order valence-electron chi connectivity index (χ0n) is 12.1. The first-order valence-corrected chi connectivity index (χ1v) is 7.10. The zero-order chi connectivity index (χ0) is 14.8. The molecule has 108 valence electrons. The van der Waals surface area contributed by atoms with E-state index >= 15 is 0 Å². The van der Waals surface area contributed by atoms with Crippen LogP contribution >= 0.6 is 0 Å². The minimum absolute atomic E-state index is 0.116. The number of aromatic nitrogens is 1. The Morgan fingerprint density at radius 3 is 2.81 bits per heavy atom. The number of hydrogen-bond donors (Lipinski definition) is 1. The molecule has 0 aliphatic heterocycles. The first-order chi connectivity index (χ1) is 10.2. The van der Waals surface area contributed by atoms with Crippen LogP contribution in [0, 0.1) is 0 Å². The smallest absolute Gasteiger partial charge is 0.230 e. The van der Waals surface area contributed by atoms with Crippen molar-refractivity contribution in [1.82, 2.24) is 4.98 Å². The summed E-state index contributed by atoms with van der Waals surface area (Å²) >= 11 is 0. The average Bonchev–Trinajstić information content (AvgIpc) is 3.13. The highest BCUT2D eigenvalue weighted by Crippen LogP contribution is 2.26. The van der Waals surface area contributed by atoms with E-state index in [0.717, 1.165) is 28.8 Å². The Morgan fingerprint density at radius 2 is 2.10 bits per heavy atom. The lowest BCUT2D eigenvalue weighted by molar-refractivity contribution is 0.101. The fourth-order valence-corrected chi connectivity index (χ4v) is 2.37. The third-order valence-electron chi connectivity index (χ3n) is 3.44. The quantitative estimate of drug-likeness (QED) is 0.721. The van der Waals surface area contributed by atoms with Crippen molar-refractivity contribution in [1.29, 1.82) is 0 Å². The molecule has 3 aromatic rings. The molecule has 0 fully saturated rings. The first kappa shape index (κ1) is 13.5. The number of carbonyl (C=O) groups excluding carboxylic acids is 1. The molecule has 0 aliphatic carbocycles. The van der Waals surface area contributed by atoms with Crippen molar-refractivity contribution in [2.45, 2.75) is 20.3 Å². The minimum atomic E-state index is -0.116. The largest absolute Gasteiger partial charge is 0.494 e. The number of furan rings is 1. The van der Waals surface area contributed by atoms with Crippen LogP contribution in [-0.2, 0) is 6.42 Å². The van der Waals surface area contributed by atoms with Gasteiger partial charge in [-0.15, -0.1) is 0 Å². The SMILES string of the molecule is CCOc1ccc2[nH]cc(C(=O)c3ccc(CC)o3)c2c1. The van der Waals surface area contributed by atoms with Gasteiger partial charge < -0.3 is 14.1 Å². The van der Waals surface area contributed by atoms with Crippen LogP contribution in [0.5, 0.6) is 5.75 Å². The molecule has 1 N–H and O–H groups in total. The molecule has 0 amide bonds. The van der Waals surface area contributed by atoms with E-state index in [0.29, 0.717) is 17.9 Å². The van der Waals surface area contributed by atoms with Crippen molar-refractivity contribution < 1.29 is 13.9 Å². The summed E-state index contributed by atoms with van der Waals surface area (Å²) in [6, 6.07) is 9.25. The number of rotatable bonds is 5. The molecule has 0 unspecified atom stereocenters. The Kier molecular flexibility index (Phi) is 3.52. The summed E-state index contributed by atoms with van der Waals surface area (Å²) in [5, 5.41) is 0.848. The fourth-order valence-electron chi connectivity index (χ4n) is 2.37. The fraction of sp³-hybridized carbons (Fsp3) is 0.235. The van der Waals surface area contributed by atoms with Crippen LogP contribution in [0.15, 0.2) is 40.9 Å². The molecule has 2 heterocycles. The molecule has 0 saturated carbocycles. The van der Waals surface area contributed by atoms with Crippen molar-refractivity contribution in [2.75, 3.05) is 6.61 Å². The summed E-state index contributed by atoms with van der Waals surface area (Å²) in [4.78, 5) is 15.7. The number of ketones is 1. The summed E-state index contributed by atoms with van der Waals surface area (Å²) in [6.45, 7) is 4.52. The molecule has 2 aromatic heterocycles. The highest BCUT2D eigenvalue weighted by atomic mass is 16.5. The summed E-state index contributed by atoms with van der Waals surface area (Å²) in [5.41, 5.74) is 1.51. The number of ether oxygens (including phenoxy) is 1. The monoisotopic (exact) mass is 283 g/mol. The third kappa shape index (κ3) is 2.44. The van der Waals surface area contributed by atoms with Crippen LogP contribution in [-0.4, -0.2) is 17.4 Å². The van der Waals surface area contributed by atoms with Gasteiger partial charge in [0.1, 0.15) is 11.5 Å². The van der Waals surface area contributed by atoms with Crippen molar-refractivity contribution in [3.05, 3.63) is 53.6 Å². The number of hydrogen-bond acceptors (Lipinski definition) is 3. The topological polar surface area (TPSA) is 55.2 Å². The van der Waals surface area contributed by atoms with Crippen LogP contribution in [0.4, 0.5) is 0 Å². The number of aryl methyl sites for hydroxylation is 1. The van der Waals surface area contributed by atoms with Gasteiger partial charge in [0, 0.05) is 23.5 Å². The molecule has 0 bridgehead atoms. The molecule has 4 heteroatoms. The van der Waals surface area contributed by atoms with Gasteiger partial charge in [0.05, 0.1) is 12.2 Å². The van der Waals surface area contributed by atoms with Crippen molar-refractivity contribution in [2.24, 2.45) is 0 Å². The normalized spacial score (nSPS) is 11.0. The molecule has 0 atom stereocenters. The Balaban J connectivity index is 2.02. The molecule has 21 heavy (non-hydrogen) atoms. The standard InChI is InChI=1S/C17H17NO3/c1-3-11-6-8-16(21-11)17(19)14-10-18-15-7-5-12(20-4-2)9-13(14)15/h5-10,18H,3-4H2,1-2H3. The van der Waals surface area contributed by atoms with Gasteiger partial charge in [-0.3, -0.25) is 4.79 Å². The van der Waals surface area contributed by atoms with Gasteiger partial charge in [-0.05, 0) is 37.3 Å². The second kappa shape index (κ2) is 5.48. The predicted octanol–water partition coefficient (Wildman–Crippen LogP) is 3.95. The van der Waals surface area contributed by atoms with Gasteiger partial charge in [0.15, 0.2) is 5.76 Å². The molecule has 3 rings (SSSR count). The maximum atomic E-state index is 12.6. The van der Waals surface area contributed by atoms with E-state index in [9.17, 15) is 4.79 Å². The van der Waals surface area contributed by atoms with Crippen LogP contribution in [0.25, 0.3) is 10.9 Å². The van der Waals surface area contributed by atoms with Gasteiger partial charge in [-0.2, -0.15) is 0 Å². The van der Waals surface area contributed by atoms with E-state index in [1.54, 1.807) is 12.3 Å². The van der Waals surface area contributed by atoms with Gasteiger partial charge in [-0.25, -0.2) is 0 Å². The van der Waals surface area contributed by atoms with Crippen LogP contribution in [0.2, 0.25) is 0 Å². The summed E-state index contributed by atoms with van der Waals surface area (Å²) in [7, 11) is 0. The molecule has 1 aromatic carbocycles. The maximum absolute atomic E-state index is 12.6. The Morgan fingerprint density at radius 1 is 1.24 bits per heavy atom. The van der Waals surface area contributed by atoms with E-state index < -0.39 is 0 Å². The van der Waals surface area contributed by atoms with Crippen molar-refractivity contribution >= 4 is 16.7 Å². The molecule has 0 aliphatic rings. The Hall–Kier alpha value is -2.49. The predicted molar refractivity (Wildman–Crippen MR) is 81.0 cm³/mol. The summed E-state index contributed by atoms with van der Waals surface area (Å²) in [6.07, 6.45) is 2.49. The summed E-state index contributed by atoms with van der Waals surface area (Å²) < 4.78 is 11.0. The van der Waals surface area contributed by atoms with E-state index in [1.807, 2.05) is 38.1 Å². The number of fused-ring (bicyclic) bond motifs is 1. The number of benzene rings is 1. The van der Waals surface area contributed by atoms with Crippen LogP contribution in [0.3, 0.4) is 0 Å². The van der Waals surface area contributed by atoms with Gasteiger partial charge in [0.25, 0.3) is 0 Å². The maximum Gasteiger partial charge on any atom is 0.230 e. The van der Waals surface area contributed by atoms with E-state index in [2.05, 4.69) is 4.98 Å². The lowest BCUT2D eigenvalue weighted by Gasteiger charge is -2.03. The highest BCUT2D eigenvalue weighted by Gasteiger charge is 2.18. The minimum Gasteiger partial charge on any atom is -0.494 e. The van der Waals surface area contributed by atoms with E-state index in [4.69, 9.17) is 9.15 Å². The van der Waals surface area contributed by atoms with Crippen molar-refractivity contribution in [3.63, 3.8) is 0 Å². The Labute approximate surface area is 122 Å². The zero-order valence-corrected chi connectivity index (χ0v) is 12.1. The number of nitrogens with one attached hydrogen (secondary N) is 1. The van der Waals surface area contributed by atoms with E-state index in [-0.39, 0.29) is 5.78 Å². The number of H-pyrrole nitrogens is 1. The third-order valence-corrected chi connectivity index (χ3v) is 3.44. The van der Waals surface area contributed by atoms with E-state index in [1.165, 1.54) is 0 Å². The lowest BCUT2D eigenvalue weighted by atomic mass is 10.1. The van der Waals surface area contributed by atoms with Gasteiger partial charge in [-0.1, -0.05) is 6.92 Å². The molecular weight excluding hydrogens is 266 g/mol. The molecular formula is C17H17NO3. The Bertz CT molecular complexity index is 782. The van der Waals surface area contributed by atoms with Crippen molar-refractivity contribution in [3.8, 4) is 5.75 Å². The molecule has 0 saturated heterocycles. The van der Waals surface area contributed by atoms with Gasteiger partial charge in [0.2, 0.25) is 5.78 Å². The average molecular weight is 283 g/mol. The second-order valence-corrected chi connectivity index (χ2v) is 4.79. The number of carbonyl (C=O) groups is 1. The lowest BCUT2D eigenvalue weighted by Crippen LogP contribution is -1.98. The summed E-state index contributed by atoms with van der Waals surface area (Å²) in [5.74, 6) is 1.82. The van der Waals surface area contributed by atoms with Gasteiger partial charge >= 0.3 is 0 Å².